The highest BCUT2D eigenvalue weighted by atomic mass is 35.5. The molecule has 5 heteroatoms. The number of nitrogens with zero attached hydrogens (tertiary/aromatic N) is 3. The number of aromatic nitrogens is 1. The molecule has 0 amide bonds. The molecule has 1 saturated heterocycles. The second-order valence-corrected chi connectivity index (χ2v) is 6.33. The van der Waals surface area contributed by atoms with Crippen LogP contribution in [0.3, 0.4) is 0 Å². The number of anilines is 1. The van der Waals surface area contributed by atoms with Gasteiger partial charge in [-0.15, -0.1) is 0 Å². The van der Waals surface area contributed by atoms with Crippen molar-refractivity contribution in [2.45, 2.75) is 18.9 Å². The Morgan fingerprint density at radius 1 is 1.10 bits per heavy atom. The molecule has 1 aromatic heterocycles. The molecule has 2 aromatic rings. The average molecular weight is 304 g/mol. The Morgan fingerprint density at radius 2 is 1.86 bits per heavy atom. The van der Waals surface area contributed by atoms with E-state index in [1.165, 1.54) is 12.8 Å². The molecule has 1 aliphatic carbocycles. The first-order chi connectivity index (χ1) is 10.2. The van der Waals surface area contributed by atoms with Crippen LogP contribution in [0.15, 0.2) is 24.3 Å². The molecule has 0 bridgehead atoms. The summed E-state index contributed by atoms with van der Waals surface area (Å²) in [6.45, 7) is 4.31. The van der Waals surface area contributed by atoms with Gasteiger partial charge in [-0.2, -0.15) is 0 Å². The first-order valence-corrected chi connectivity index (χ1v) is 7.87. The maximum absolute atomic E-state index is 9.65. The maximum Gasteiger partial charge on any atom is 0.134 e. The van der Waals surface area contributed by atoms with Gasteiger partial charge >= 0.3 is 0 Å². The number of phenols is 1. The van der Waals surface area contributed by atoms with E-state index in [4.69, 9.17) is 16.6 Å². The minimum Gasteiger partial charge on any atom is -0.506 e. The number of aromatic hydroxyl groups is 1. The predicted molar refractivity (Wildman–Crippen MR) is 85.2 cm³/mol. The summed E-state index contributed by atoms with van der Waals surface area (Å²) >= 11 is 5.98. The molecule has 4 rings (SSSR count). The normalized spacial score (nSPS) is 20.1. The van der Waals surface area contributed by atoms with Crippen LogP contribution in [0.25, 0.3) is 10.9 Å². The zero-order valence-electron chi connectivity index (χ0n) is 11.8. The second kappa shape index (κ2) is 5.04. The summed E-state index contributed by atoms with van der Waals surface area (Å²) in [5.74, 6) is 1.11. The smallest absolute Gasteiger partial charge is 0.134 e. The van der Waals surface area contributed by atoms with Gasteiger partial charge in [0.2, 0.25) is 0 Å². The van der Waals surface area contributed by atoms with Crippen molar-refractivity contribution in [3.8, 4) is 5.75 Å². The summed E-state index contributed by atoms with van der Waals surface area (Å²) in [5, 5.41) is 10.9. The van der Waals surface area contributed by atoms with E-state index >= 15 is 0 Å². The highest BCUT2D eigenvalue weighted by Crippen LogP contribution is 2.31. The van der Waals surface area contributed by atoms with E-state index in [0.29, 0.717) is 5.02 Å². The molecule has 110 valence electrons. The third-order valence-corrected chi connectivity index (χ3v) is 4.75. The van der Waals surface area contributed by atoms with Crippen LogP contribution in [0.5, 0.6) is 5.75 Å². The molecule has 2 aliphatic rings. The Hall–Kier alpha value is -1.52. The Kier molecular flexibility index (Phi) is 3.16. The van der Waals surface area contributed by atoms with Gasteiger partial charge < -0.3 is 10.0 Å². The van der Waals surface area contributed by atoms with Crippen molar-refractivity contribution in [3.05, 3.63) is 29.3 Å². The molecule has 1 N–H and O–H groups in total. The van der Waals surface area contributed by atoms with Crippen molar-refractivity contribution < 1.29 is 5.11 Å². The van der Waals surface area contributed by atoms with Gasteiger partial charge in [0.05, 0.1) is 10.5 Å². The van der Waals surface area contributed by atoms with Gasteiger partial charge in [-0.1, -0.05) is 11.6 Å². The summed E-state index contributed by atoms with van der Waals surface area (Å²) in [6, 6.07) is 8.28. The number of phenolic OH excluding ortho intramolecular Hbond substituents is 1. The second-order valence-electron chi connectivity index (χ2n) is 5.92. The molecule has 2 heterocycles. The fourth-order valence-corrected chi connectivity index (χ4v) is 3.21. The molecule has 0 atom stereocenters. The fourth-order valence-electron chi connectivity index (χ4n) is 3.05. The Labute approximate surface area is 128 Å². The average Bonchev–Trinajstić information content (AvgIpc) is 3.33. The molecule has 1 saturated carbocycles. The Balaban J connectivity index is 1.57. The molecular formula is C16H18ClN3O. The Morgan fingerprint density at radius 3 is 2.57 bits per heavy atom. The van der Waals surface area contributed by atoms with E-state index in [-0.39, 0.29) is 5.75 Å². The predicted octanol–water partition coefficient (Wildman–Crippen LogP) is 2.88. The van der Waals surface area contributed by atoms with Gasteiger partial charge in [0.1, 0.15) is 11.6 Å². The number of fused-ring (bicyclic) bond motifs is 1. The SMILES string of the molecule is Oc1cc2ccc(N3CCN(C4CC4)CC3)nc2cc1Cl. The summed E-state index contributed by atoms with van der Waals surface area (Å²) in [4.78, 5) is 9.62. The highest BCUT2D eigenvalue weighted by molar-refractivity contribution is 6.32. The van der Waals surface area contributed by atoms with Crippen LogP contribution in [0, 0.1) is 0 Å². The van der Waals surface area contributed by atoms with Crippen LogP contribution < -0.4 is 4.90 Å². The number of piperazine rings is 1. The fraction of sp³-hybridized carbons (Fsp3) is 0.438. The third kappa shape index (κ3) is 2.54. The number of rotatable bonds is 2. The molecule has 0 spiro atoms. The minimum absolute atomic E-state index is 0.108. The van der Waals surface area contributed by atoms with Crippen LogP contribution in [0.4, 0.5) is 5.82 Å². The molecule has 1 aliphatic heterocycles. The lowest BCUT2D eigenvalue weighted by atomic mass is 10.2. The van der Waals surface area contributed by atoms with Crippen molar-refractivity contribution in [1.29, 1.82) is 0 Å². The highest BCUT2D eigenvalue weighted by Gasteiger charge is 2.31. The molecule has 0 radical (unpaired) electrons. The summed E-state index contributed by atoms with van der Waals surface area (Å²) < 4.78 is 0. The summed E-state index contributed by atoms with van der Waals surface area (Å²) in [5.41, 5.74) is 0.833. The van der Waals surface area contributed by atoms with Gasteiger partial charge in [0, 0.05) is 37.6 Å². The van der Waals surface area contributed by atoms with Crippen molar-refractivity contribution in [2.75, 3.05) is 31.1 Å². The largest absolute Gasteiger partial charge is 0.506 e. The lowest BCUT2D eigenvalue weighted by Gasteiger charge is -2.35. The monoisotopic (exact) mass is 303 g/mol. The van der Waals surface area contributed by atoms with Crippen molar-refractivity contribution in [2.24, 2.45) is 0 Å². The zero-order valence-corrected chi connectivity index (χ0v) is 12.6. The van der Waals surface area contributed by atoms with Crippen LogP contribution >= 0.6 is 11.6 Å². The van der Waals surface area contributed by atoms with Gasteiger partial charge in [-0.25, -0.2) is 4.98 Å². The molecule has 0 unspecified atom stereocenters. The quantitative estimate of drug-likeness (QED) is 0.926. The summed E-state index contributed by atoms with van der Waals surface area (Å²) in [7, 11) is 0. The molecule has 1 aromatic carbocycles. The van der Waals surface area contributed by atoms with Gasteiger partial charge in [-0.05, 0) is 37.1 Å². The number of hydrogen-bond acceptors (Lipinski definition) is 4. The zero-order chi connectivity index (χ0) is 14.4. The van der Waals surface area contributed by atoms with Gasteiger partial charge in [0.15, 0.2) is 0 Å². The number of halogens is 1. The van der Waals surface area contributed by atoms with Gasteiger partial charge in [-0.3, -0.25) is 4.90 Å². The molecular weight excluding hydrogens is 286 g/mol. The molecule has 21 heavy (non-hydrogen) atoms. The minimum atomic E-state index is 0.108. The first-order valence-electron chi connectivity index (χ1n) is 7.49. The third-order valence-electron chi connectivity index (χ3n) is 4.44. The summed E-state index contributed by atoms with van der Waals surface area (Å²) in [6.07, 6.45) is 2.74. The van der Waals surface area contributed by atoms with E-state index in [1.54, 1.807) is 12.1 Å². The number of pyridine rings is 1. The van der Waals surface area contributed by atoms with Crippen molar-refractivity contribution >= 4 is 28.3 Å². The maximum atomic E-state index is 9.65. The van der Waals surface area contributed by atoms with Crippen LogP contribution in [-0.4, -0.2) is 47.2 Å². The molecule has 4 nitrogen and oxygen atoms in total. The first kappa shape index (κ1) is 13.2. The lowest BCUT2D eigenvalue weighted by molar-refractivity contribution is 0.247. The van der Waals surface area contributed by atoms with E-state index < -0.39 is 0 Å². The van der Waals surface area contributed by atoms with E-state index in [0.717, 1.165) is 48.9 Å². The Bertz CT molecular complexity index is 679. The van der Waals surface area contributed by atoms with Crippen molar-refractivity contribution in [1.82, 2.24) is 9.88 Å². The van der Waals surface area contributed by atoms with Crippen LogP contribution in [0.1, 0.15) is 12.8 Å². The lowest BCUT2D eigenvalue weighted by Crippen LogP contribution is -2.47. The number of benzene rings is 1. The van der Waals surface area contributed by atoms with E-state index in [9.17, 15) is 5.11 Å². The number of hydrogen-bond donors (Lipinski definition) is 1. The van der Waals surface area contributed by atoms with Gasteiger partial charge in [0.25, 0.3) is 0 Å². The van der Waals surface area contributed by atoms with E-state index in [1.807, 2.05) is 12.1 Å². The topological polar surface area (TPSA) is 39.6 Å². The standard InChI is InChI=1S/C16H18ClN3O/c17-13-10-14-11(9-15(13)21)1-4-16(18-14)20-7-5-19(6-8-20)12-2-3-12/h1,4,9-10,12,21H,2-3,5-8H2. The van der Waals surface area contributed by atoms with Crippen molar-refractivity contribution in [3.63, 3.8) is 0 Å². The van der Waals surface area contributed by atoms with E-state index in [2.05, 4.69) is 9.80 Å². The van der Waals surface area contributed by atoms with Crippen LogP contribution in [0.2, 0.25) is 5.02 Å². The van der Waals surface area contributed by atoms with Crippen LogP contribution in [-0.2, 0) is 0 Å². The molecule has 2 fully saturated rings.